The maximum atomic E-state index is 13.1. The second-order valence-corrected chi connectivity index (χ2v) is 9.31. The highest BCUT2D eigenvalue weighted by Gasteiger charge is 2.19. The van der Waals surface area contributed by atoms with Crippen LogP contribution < -0.4 is 15.6 Å². The monoisotopic (exact) mass is 508 g/mol. The molecule has 2 heterocycles. The number of anilines is 1. The third kappa shape index (κ3) is 6.49. The third-order valence-corrected chi connectivity index (χ3v) is 6.74. The number of aryl methyl sites for hydroxylation is 2. The van der Waals surface area contributed by atoms with E-state index < -0.39 is 6.03 Å². The number of nitrogens with one attached hydrogen (secondary N) is 2. The summed E-state index contributed by atoms with van der Waals surface area (Å²) in [6, 6.07) is 10.6. The van der Waals surface area contributed by atoms with E-state index in [1.807, 2.05) is 19.9 Å². The Balaban J connectivity index is 1.54. The number of aromatic amines is 1. The number of benzene rings is 2. The first-order valence-corrected chi connectivity index (χ1v) is 12.7. The first-order valence-electron chi connectivity index (χ1n) is 12.7. The van der Waals surface area contributed by atoms with Crippen molar-refractivity contribution in [2.75, 3.05) is 51.4 Å². The lowest BCUT2D eigenvalue weighted by Gasteiger charge is -2.28. The second kappa shape index (κ2) is 12.2. The van der Waals surface area contributed by atoms with Gasteiger partial charge in [-0.05, 0) is 79.2 Å². The molecule has 3 aromatic rings. The van der Waals surface area contributed by atoms with Gasteiger partial charge in [0.05, 0.1) is 38.5 Å². The minimum absolute atomic E-state index is 0.0717. The fourth-order valence-electron chi connectivity index (χ4n) is 4.71. The van der Waals surface area contributed by atoms with Crippen LogP contribution in [0.15, 0.2) is 41.2 Å². The van der Waals surface area contributed by atoms with Crippen molar-refractivity contribution in [3.63, 3.8) is 0 Å². The molecule has 37 heavy (non-hydrogen) atoms. The first kappa shape index (κ1) is 26.7. The molecule has 2 aromatic carbocycles. The fourth-order valence-corrected chi connectivity index (χ4v) is 4.71. The lowest BCUT2D eigenvalue weighted by Crippen LogP contribution is -2.38. The summed E-state index contributed by atoms with van der Waals surface area (Å²) in [4.78, 5) is 32.9. The molecule has 0 unspecified atom stereocenters. The molecule has 1 aliphatic rings. The summed E-state index contributed by atoms with van der Waals surface area (Å²) in [6.07, 6.45) is 0. The van der Waals surface area contributed by atoms with E-state index in [0.29, 0.717) is 23.6 Å². The van der Waals surface area contributed by atoms with Crippen molar-refractivity contribution in [3.8, 4) is 5.75 Å². The number of morpholine rings is 1. The summed E-state index contributed by atoms with van der Waals surface area (Å²) in [5, 5.41) is 13.3. The highest BCUT2D eigenvalue weighted by molar-refractivity contribution is 5.89. The van der Waals surface area contributed by atoms with Gasteiger partial charge in [0.15, 0.2) is 0 Å². The molecule has 0 radical (unpaired) electrons. The molecule has 1 aliphatic heterocycles. The molecule has 9 nitrogen and oxygen atoms in total. The minimum Gasteiger partial charge on any atom is -0.494 e. The van der Waals surface area contributed by atoms with Crippen LogP contribution in [0.5, 0.6) is 5.75 Å². The van der Waals surface area contributed by atoms with Gasteiger partial charge in [0.1, 0.15) is 5.75 Å². The van der Waals surface area contributed by atoms with Crippen LogP contribution in [0.25, 0.3) is 10.9 Å². The number of ether oxygens (including phenoxy) is 2. The normalized spacial score (nSPS) is 14.1. The molecule has 198 valence electrons. The van der Waals surface area contributed by atoms with Crippen molar-refractivity contribution in [2.24, 2.45) is 0 Å². The molecule has 0 aliphatic carbocycles. The number of carbonyl (C=O) groups is 1. The number of hydrogen-bond acceptors (Lipinski definition) is 6. The Morgan fingerprint density at radius 3 is 2.59 bits per heavy atom. The van der Waals surface area contributed by atoms with Crippen molar-refractivity contribution in [1.82, 2.24) is 14.8 Å². The van der Waals surface area contributed by atoms with Crippen LogP contribution in [0.1, 0.15) is 29.2 Å². The molecule has 0 atom stereocenters. The van der Waals surface area contributed by atoms with E-state index in [1.165, 1.54) is 10.5 Å². The molecular formula is C28H36N4O5. The average Bonchev–Trinajstić information content (AvgIpc) is 2.89. The number of aliphatic hydroxyl groups excluding tert-OH is 1. The highest BCUT2D eigenvalue weighted by atomic mass is 16.5. The minimum atomic E-state index is -0.397. The molecule has 0 bridgehead atoms. The van der Waals surface area contributed by atoms with E-state index in [4.69, 9.17) is 9.47 Å². The van der Waals surface area contributed by atoms with Gasteiger partial charge in [0.25, 0.3) is 5.56 Å². The van der Waals surface area contributed by atoms with E-state index in [2.05, 4.69) is 28.2 Å². The van der Waals surface area contributed by atoms with Crippen LogP contribution in [0, 0.1) is 13.8 Å². The Kier molecular flexibility index (Phi) is 8.81. The number of aromatic nitrogens is 1. The predicted octanol–water partition coefficient (Wildman–Crippen LogP) is 3.40. The van der Waals surface area contributed by atoms with Crippen LogP contribution in [-0.2, 0) is 17.8 Å². The zero-order valence-corrected chi connectivity index (χ0v) is 21.8. The lowest BCUT2D eigenvalue weighted by atomic mass is 9.97. The van der Waals surface area contributed by atoms with Gasteiger partial charge in [-0.3, -0.25) is 9.69 Å². The summed E-state index contributed by atoms with van der Waals surface area (Å²) in [5.41, 5.74) is 5.07. The number of urea groups is 1. The molecule has 1 saturated heterocycles. The number of amides is 2. The molecule has 0 spiro atoms. The molecule has 0 saturated carbocycles. The molecule has 3 N–H and O–H groups in total. The molecule has 2 amide bonds. The molecule has 1 aromatic heterocycles. The van der Waals surface area contributed by atoms with Crippen LogP contribution in [0.2, 0.25) is 0 Å². The van der Waals surface area contributed by atoms with Gasteiger partial charge in [0, 0.05) is 37.4 Å². The van der Waals surface area contributed by atoms with E-state index in [0.717, 1.165) is 54.9 Å². The van der Waals surface area contributed by atoms with Crippen molar-refractivity contribution >= 4 is 22.6 Å². The van der Waals surface area contributed by atoms with Gasteiger partial charge in [-0.25, -0.2) is 4.79 Å². The average molecular weight is 509 g/mol. The fraction of sp³-hybridized carbons (Fsp3) is 0.429. The van der Waals surface area contributed by atoms with Gasteiger partial charge in [-0.15, -0.1) is 0 Å². The van der Waals surface area contributed by atoms with Crippen LogP contribution in [-0.4, -0.2) is 72.0 Å². The van der Waals surface area contributed by atoms with E-state index in [1.54, 1.807) is 24.3 Å². The van der Waals surface area contributed by atoms with Crippen molar-refractivity contribution in [1.29, 1.82) is 0 Å². The number of pyridine rings is 1. The summed E-state index contributed by atoms with van der Waals surface area (Å²) < 4.78 is 10.9. The number of H-pyrrole nitrogens is 1. The second-order valence-electron chi connectivity index (χ2n) is 9.31. The van der Waals surface area contributed by atoms with Gasteiger partial charge in [0.2, 0.25) is 0 Å². The Morgan fingerprint density at radius 2 is 1.92 bits per heavy atom. The molecular weight excluding hydrogens is 472 g/mol. The Hall–Kier alpha value is -3.40. The van der Waals surface area contributed by atoms with Crippen molar-refractivity contribution < 1.29 is 19.4 Å². The quantitative estimate of drug-likeness (QED) is 0.409. The summed E-state index contributed by atoms with van der Waals surface area (Å²) in [5.74, 6) is 0.717. The summed E-state index contributed by atoms with van der Waals surface area (Å²) >= 11 is 0. The van der Waals surface area contributed by atoms with Gasteiger partial charge < -0.3 is 29.8 Å². The largest absolute Gasteiger partial charge is 0.494 e. The SMILES string of the molecule is CCOc1ccc(NC(=O)N(CCO)Cc2cc3cc(C)c(CN4CCOCC4)c(C)c3[nH]c2=O)cc1. The molecule has 9 heteroatoms. The number of aliphatic hydroxyl groups is 1. The standard InChI is InChI=1S/C28H36N4O5/c1-4-37-24-7-5-23(6-8-24)29-28(35)32(9-12-33)17-22-16-21-15-19(2)25(18-31-10-13-36-14-11-31)20(3)26(21)30-27(22)34/h5-8,15-16,33H,4,9-14,17-18H2,1-3H3,(H,29,35)(H,30,34). The van der Waals surface area contributed by atoms with E-state index >= 15 is 0 Å². The summed E-state index contributed by atoms with van der Waals surface area (Å²) in [7, 11) is 0. The number of fused-ring (bicyclic) bond motifs is 1. The zero-order chi connectivity index (χ0) is 26.4. The number of hydrogen-bond donors (Lipinski definition) is 3. The highest BCUT2D eigenvalue weighted by Crippen LogP contribution is 2.25. The van der Waals surface area contributed by atoms with Crippen LogP contribution >= 0.6 is 0 Å². The van der Waals surface area contributed by atoms with E-state index in [9.17, 15) is 14.7 Å². The van der Waals surface area contributed by atoms with Crippen LogP contribution in [0.3, 0.4) is 0 Å². The molecule has 4 rings (SSSR count). The Morgan fingerprint density at radius 1 is 1.19 bits per heavy atom. The Labute approximate surface area is 217 Å². The number of carbonyl (C=O) groups excluding carboxylic acids is 1. The zero-order valence-electron chi connectivity index (χ0n) is 21.8. The topological polar surface area (TPSA) is 107 Å². The maximum absolute atomic E-state index is 13.1. The maximum Gasteiger partial charge on any atom is 0.322 e. The molecule has 1 fully saturated rings. The third-order valence-electron chi connectivity index (χ3n) is 6.74. The number of rotatable bonds is 9. The first-order chi connectivity index (χ1) is 17.9. The van der Waals surface area contributed by atoms with Gasteiger partial charge >= 0.3 is 6.03 Å². The van der Waals surface area contributed by atoms with Crippen molar-refractivity contribution in [2.45, 2.75) is 33.9 Å². The van der Waals surface area contributed by atoms with Gasteiger partial charge in [-0.1, -0.05) is 0 Å². The smallest absolute Gasteiger partial charge is 0.322 e. The Bertz CT molecular complexity index is 1280. The van der Waals surface area contributed by atoms with Crippen LogP contribution in [0.4, 0.5) is 10.5 Å². The summed E-state index contributed by atoms with van der Waals surface area (Å²) in [6.45, 7) is 10.6. The number of nitrogens with zero attached hydrogens (tertiary/aromatic N) is 2. The van der Waals surface area contributed by atoms with Gasteiger partial charge in [-0.2, -0.15) is 0 Å². The predicted molar refractivity (Wildman–Crippen MR) is 144 cm³/mol. The van der Waals surface area contributed by atoms with E-state index in [-0.39, 0.29) is 25.3 Å². The van der Waals surface area contributed by atoms with Crippen molar-refractivity contribution in [3.05, 3.63) is 69.0 Å². The lowest BCUT2D eigenvalue weighted by molar-refractivity contribution is 0.0340.